The highest BCUT2D eigenvalue weighted by Crippen LogP contribution is 2.65. The highest BCUT2D eigenvalue weighted by Gasteiger charge is 2.61. The SMILES string of the molecule is CCOC(=O)c1cc(C(C)(C)C)sc1NC(=O)C12CC3CC(CC1C3)C2. The Labute approximate surface area is 159 Å². The van der Waals surface area contributed by atoms with E-state index in [9.17, 15) is 9.59 Å². The molecule has 26 heavy (non-hydrogen) atoms. The molecule has 0 saturated heterocycles. The van der Waals surface area contributed by atoms with Crippen molar-refractivity contribution in [3.8, 4) is 0 Å². The fraction of sp³-hybridized carbons (Fsp3) is 0.714. The maximum atomic E-state index is 13.3. The van der Waals surface area contributed by atoms with Crippen molar-refractivity contribution in [2.75, 3.05) is 11.9 Å². The molecule has 4 aliphatic rings. The second-order valence-electron chi connectivity index (χ2n) is 9.48. The average molecular weight is 376 g/mol. The number of hydrogen-bond acceptors (Lipinski definition) is 4. The number of amides is 1. The van der Waals surface area contributed by atoms with Crippen LogP contribution in [0.3, 0.4) is 0 Å². The molecule has 5 heteroatoms. The first kappa shape index (κ1) is 18.0. The van der Waals surface area contributed by atoms with Crippen LogP contribution in [0.15, 0.2) is 6.07 Å². The second kappa shape index (κ2) is 6.08. The van der Waals surface area contributed by atoms with E-state index in [1.165, 1.54) is 30.6 Å². The number of carbonyl (C=O) groups is 2. The molecular formula is C21H29NO3S. The number of hydrogen-bond donors (Lipinski definition) is 1. The van der Waals surface area contributed by atoms with Gasteiger partial charge in [0.25, 0.3) is 0 Å². The summed E-state index contributed by atoms with van der Waals surface area (Å²) in [5.41, 5.74) is 0.243. The van der Waals surface area contributed by atoms with E-state index in [4.69, 9.17) is 4.74 Å². The summed E-state index contributed by atoms with van der Waals surface area (Å²) in [5.74, 6) is 1.80. The lowest BCUT2D eigenvalue weighted by Crippen LogP contribution is -2.37. The van der Waals surface area contributed by atoms with Crippen LogP contribution in [0.25, 0.3) is 0 Å². The number of carbonyl (C=O) groups excluding carboxylic acids is 2. The first-order chi connectivity index (χ1) is 12.2. The first-order valence-electron chi connectivity index (χ1n) is 9.86. The highest BCUT2D eigenvalue weighted by molar-refractivity contribution is 7.16. The van der Waals surface area contributed by atoms with Crippen LogP contribution in [0.4, 0.5) is 5.00 Å². The molecule has 0 aliphatic heterocycles. The molecule has 4 fully saturated rings. The predicted molar refractivity (Wildman–Crippen MR) is 104 cm³/mol. The summed E-state index contributed by atoms with van der Waals surface area (Å²) in [6.07, 6.45) is 5.81. The number of anilines is 1. The number of rotatable bonds is 4. The summed E-state index contributed by atoms with van der Waals surface area (Å²) in [6.45, 7) is 8.50. The molecule has 2 unspecified atom stereocenters. The van der Waals surface area contributed by atoms with Crippen LogP contribution in [0.1, 0.15) is 75.0 Å². The molecule has 1 amide bonds. The third-order valence-corrected chi connectivity index (χ3v) is 8.11. The third-order valence-electron chi connectivity index (χ3n) is 6.64. The summed E-state index contributed by atoms with van der Waals surface area (Å²) in [5, 5.41) is 3.83. The smallest absolute Gasteiger partial charge is 0.341 e. The average Bonchev–Trinajstić information content (AvgIpc) is 3.15. The van der Waals surface area contributed by atoms with Gasteiger partial charge in [0.2, 0.25) is 5.91 Å². The number of ether oxygens (including phenoxy) is 1. The van der Waals surface area contributed by atoms with Crippen LogP contribution in [-0.2, 0) is 14.9 Å². The molecule has 1 heterocycles. The zero-order valence-electron chi connectivity index (χ0n) is 16.2. The molecule has 4 saturated carbocycles. The summed E-state index contributed by atoms with van der Waals surface area (Å²) in [7, 11) is 0. The van der Waals surface area contributed by atoms with E-state index in [-0.39, 0.29) is 22.7 Å². The number of thiophene rings is 1. The Morgan fingerprint density at radius 3 is 2.46 bits per heavy atom. The molecule has 4 nitrogen and oxygen atoms in total. The molecule has 142 valence electrons. The molecule has 4 aliphatic carbocycles. The van der Waals surface area contributed by atoms with Crippen molar-refractivity contribution in [2.24, 2.45) is 23.2 Å². The highest BCUT2D eigenvalue weighted by atomic mass is 32.1. The molecule has 1 aromatic heterocycles. The third kappa shape index (κ3) is 2.79. The van der Waals surface area contributed by atoms with Crippen LogP contribution < -0.4 is 5.32 Å². The van der Waals surface area contributed by atoms with E-state index >= 15 is 0 Å². The van der Waals surface area contributed by atoms with Gasteiger partial charge in [0.1, 0.15) is 5.00 Å². The summed E-state index contributed by atoms with van der Waals surface area (Å²) >= 11 is 1.52. The maximum absolute atomic E-state index is 13.3. The van der Waals surface area contributed by atoms with Crippen LogP contribution >= 0.6 is 11.3 Å². The van der Waals surface area contributed by atoms with Gasteiger partial charge in [-0.15, -0.1) is 11.3 Å². The summed E-state index contributed by atoms with van der Waals surface area (Å²) in [6, 6.07) is 1.90. The van der Waals surface area contributed by atoms with Gasteiger partial charge in [0, 0.05) is 4.88 Å². The summed E-state index contributed by atoms with van der Waals surface area (Å²) in [4.78, 5) is 26.8. The fourth-order valence-electron chi connectivity index (χ4n) is 5.61. The topological polar surface area (TPSA) is 55.4 Å². The number of nitrogens with one attached hydrogen (secondary N) is 1. The van der Waals surface area contributed by atoms with Gasteiger partial charge < -0.3 is 10.1 Å². The van der Waals surface area contributed by atoms with E-state index in [1.807, 2.05) is 6.07 Å². The van der Waals surface area contributed by atoms with Gasteiger partial charge in [-0.2, -0.15) is 0 Å². The van der Waals surface area contributed by atoms with Crippen molar-refractivity contribution >= 4 is 28.2 Å². The van der Waals surface area contributed by atoms with Gasteiger partial charge in [-0.05, 0) is 68.3 Å². The molecule has 5 rings (SSSR count). The Kier molecular flexibility index (Phi) is 4.22. The van der Waals surface area contributed by atoms with E-state index in [2.05, 4.69) is 26.1 Å². The zero-order chi connectivity index (χ0) is 18.7. The minimum absolute atomic E-state index is 0.0714. The van der Waals surface area contributed by atoms with E-state index < -0.39 is 0 Å². The molecule has 1 aromatic rings. The van der Waals surface area contributed by atoms with E-state index in [1.54, 1.807) is 6.92 Å². The minimum Gasteiger partial charge on any atom is -0.462 e. The summed E-state index contributed by atoms with van der Waals surface area (Å²) < 4.78 is 5.23. The molecule has 4 bridgehead atoms. The van der Waals surface area contributed by atoms with Gasteiger partial charge in [-0.25, -0.2) is 4.79 Å². The Morgan fingerprint density at radius 1 is 1.23 bits per heavy atom. The Balaban J connectivity index is 1.62. The Hall–Kier alpha value is -1.36. The molecule has 1 N–H and O–H groups in total. The van der Waals surface area contributed by atoms with E-state index in [0.29, 0.717) is 23.1 Å². The Bertz CT molecular complexity index is 731. The largest absolute Gasteiger partial charge is 0.462 e. The van der Waals surface area contributed by atoms with Gasteiger partial charge in [-0.1, -0.05) is 20.8 Å². The first-order valence-corrected chi connectivity index (χ1v) is 10.7. The normalized spacial score (nSPS) is 32.1. The predicted octanol–water partition coefficient (Wildman–Crippen LogP) is 4.99. The standard InChI is InChI=1S/C21H29NO3S/c1-5-25-18(23)15-9-16(20(2,3)4)26-17(15)22-19(24)21-10-12-6-13(11-21)8-14(21)7-12/h9,12-14H,5-8,10-11H2,1-4H3,(H,22,24). The van der Waals surface area contributed by atoms with Crippen molar-refractivity contribution < 1.29 is 14.3 Å². The quantitative estimate of drug-likeness (QED) is 0.755. The van der Waals surface area contributed by atoms with Gasteiger partial charge in [-0.3, -0.25) is 4.79 Å². The van der Waals surface area contributed by atoms with Gasteiger partial charge in [0.15, 0.2) is 0 Å². The van der Waals surface area contributed by atoms with Crippen molar-refractivity contribution in [3.05, 3.63) is 16.5 Å². The second-order valence-corrected chi connectivity index (χ2v) is 10.5. The van der Waals surface area contributed by atoms with Crippen molar-refractivity contribution in [2.45, 2.75) is 65.2 Å². The molecule has 0 spiro atoms. The van der Waals surface area contributed by atoms with Crippen LogP contribution in [0.5, 0.6) is 0 Å². The monoisotopic (exact) mass is 375 g/mol. The molecule has 0 aromatic carbocycles. The van der Waals surface area contributed by atoms with Crippen LogP contribution in [-0.4, -0.2) is 18.5 Å². The lowest BCUT2D eigenvalue weighted by Gasteiger charge is -2.31. The molecule has 0 radical (unpaired) electrons. The van der Waals surface area contributed by atoms with Crippen LogP contribution in [0, 0.1) is 23.2 Å². The lowest BCUT2D eigenvalue weighted by molar-refractivity contribution is -0.127. The van der Waals surface area contributed by atoms with Crippen molar-refractivity contribution in [3.63, 3.8) is 0 Å². The zero-order valence-corrected chi connectivity index (χ0v) is 17.0. The van der Waals surface area contributed by atoms with Gasteiger partial charge in [0.05, 0.1) is 17.6 Å². The van der Waals surface area contributed by atoms with Gasteiger partial charge >= 0.3 is 5.97 Å². The Morgan fingerprint density at radius 2 is 1.88 bits per heavy atom. The van der Waals surface area contributed by atoms with Crippen molar-refractivity contribution in [1.82, 2.24) is 0 Å². The van der Waals surface area contributed by atoms with E-state index in [0.717, 1.165) is 29.6 Å². The molecule has 2 atom stereocenters. The van der Waals surface area contributed by atoms with Crippen LogP contribution in [0.2, 0.25) is 0 Å². The lowest BCUT2D eigenvalue weighted by atomic mass is 9.75. The maximum Gasteiger partial charge on any atom is 0.341 e. The molecular weight excluding hydrogens is 346 g/mol. The number of esters is 1. The fourth-order valence-corrected chi connectivity index (χ4v) is 6.71. The van der Waals surface area contributed by atoms with Crippen molar-refractivity contribution in [1.29, 1.82) is 0 Å². The minimum atomic E-state index is -0.343.